The fraction of sp³-hybridized carbons (Fsp3) is 0.350. The van der Waals surface area contributed by atoms with Crippen LogP contribution in [0.4, 0.5) is 0 Å². The molecule has 28 heavy (non-hydrogen) atoms. The molecular weight excluding hydrogens is 410 g/mol. The van der Waals surface area contributed by atoms with E-state index in [1.165, 1.54) is 4.88 Å². The van der Waals surface area contributed by atoms with Gasteiger partial charge in [-0.25, -0.2) is 13.4 Å². The maximum Gasteiger partial charge on any atom is 0.243 e. The van der Waals surface area contributed by atoms with Crippen LogP contribution in [-0.4, -0.2) is 48.8 Å². The third-order valence-corrected chi connectivity index (χ3v) is 8.62. The lowest BCUT2D eigenvalue weighted by Crippen LogP contribution is -2.48. The number of nitrogens with zero attached hydrogens (tertiary/aromatic N) is 3. The lowest BCUT2D eigenvalue weighted by atomic mass is 10.2. The molecule has 1 fully saturated rings. The number of aromatic nitrogens is 1. The Labute approximate surface area is 174 Å². The molecule has 0 spiro atoms. The van der Waals surface area contributed by atoms with Crippen molar-refractivity contribution >= 4 is 32.7 Å². The molecule has 0 N–H and O–H groups in total. The van der Waals surface area contributed by atoms with Crippen LogP contribution in [0, 0.1) is 0 Å². The molecule has 148 valence electrons. The summed E-state index contributed by atoms with van der Waals surface area (Å²) in [5.74, 6) is 0. The number of benzene rings is 1. The molecule has 1 aromatic carbocycles. The van der Waals surface area contributed by atoms with E-state index in [0.29, 0.717) is 18.0 Å². The minimum Gasteiger partial charge on any atom is -0.294 e. The zero-order chi connectivity index (χ0) is 19.6. The third kappa shape index (κ3) is 4.21. The Morgan fingerprint density at radius 3 is 2.43 bits per heavy atom. The maximum absolute atomic E-state index is 12.9. The predicted molar refractivity (Wildman–Crippen MR) is 115 cm³/mol. The number of thiophene rings is 1. The molecule has 0 aliphatic carbocycles. The van der Waals surface area contributed by atoms with Crippen LogP contribution >= 0.6 is 22.7 Å². The molecule has 0 atom stereocenters. The van der Waals surface area contributed by atoms with Crippen LogP contribution in [0.3, 0.4) is 0 Å². The number of thiazole rings is 1. The number of hydrogen-bond donors (Lipinski definition) is 0. The van der Waals surface area contributed by atoms with Crippen molar-refractivity contribution < 1.29 is 8.42 Å². The number of aryl methyl sites for hydroxylation is 1. The van der Waals surface area contributed by atoms with E-state index < -0.39 is 10.0 Å². The van der Waals surface area contributed by atoms with E-state index in [1.807, 2.05) is 18.2 Å². The maximum atomic E-state index is 12.9. The second-order valence-corrected chi connectivity index (χ2v) is 10.6. The molecule has 5 nitrogen and oxygen atoms in total. The van der Waals surface area contributed by atoms with E-state index in [-0.39, 0.29) is 0 Å². The molecule has 0 unspecified atom stereocenters. The molecular formula is C20H23N3O2S3. The molecule has 3 aromatic rings. The normalized spacial score (nSPS) is 16.5. The van der Waals surface area contributed by atoms with Crippen LogP contribution in [0.25, 0.3) is 10.6 Å². The molecule has 4 rings (SSSR count). The molecule has 0 bridgehead atoms. The van der Waals surface area contributed by atoms with Gasteiger partial charge in [-0.15, -0.1) is 22.7 Å². The van der Waals surface area contributed by atoms with E-state index in [2.05, 4.69) is 28.7 Å². The van der Waals surface area contributed by atoms with Crippen molar-refractivity contribution in [2.24, 2.45) is 0 Å². The van der Waals surface area contributed by atoms with E-state index >= 15 is 0 Å². The summed E-state index contributed by atoms with van der Waals surface area (Å²) in [5, 5.41) is 5.24. The standard InChI is InChI=1S/C20H23N3O2S3/c1-2-16-5-7-17(8-6-16)28(24,25)23-11-9-22(10-12-23)14-20-21-18(15-27-20)19-4-3-13-26-19/h3-8,13,15H,2,9-12,14H2,1H3. The van der Waals surface area contributed by atoms with Crippen molar-refractivity contribution in [1.82, 2.24) is 14.2 Å². The fourth-order valence-electron chi connectivity index (χ4n) is 3.29. The van der Waals surface area contributed by atoms with Crippen LogP contribution in [-0.2, 0) is 23.0 Å². The van der Waals surface area contributed by atoms with Crippen molar-refractivity contribution in [2.75, 3.05) is 26.2 Å². The Kier molecular flexibility index (Phi) is 5.93. The Morgan fingerprint density at radius 2 is 1.79 bits per heavy atom. The van der Waals surface area contributed by atoms with Gasteiger partial charge in [-0.1, -0.05) is 25.1 Å². The smallest absolute Gasteiger partial charge is 0.243 e. The van der Waals surface area contributed by atoms with Gasteiger partial charge in [0.15, 0.2) is 0 Å². The zero-order valence-electron chi connectivity index (χ0n) is 15.7. The van der Waals surface area contributed by atoms with Gasteiger partial charge < -0.3 is 0 Å². The number of hydrogen-bond acceptors (Lipinski definition) is 6. The molecule has 2 aromatic heterocycles. The topological polar surface area (TPSA) is 53.5 Å². The first-order valence-corrected chi connectivity index (χ1v) is 12.6. The average molecular weight is 434 g/mol. The second kappa shape index (κ2) is 8.42. The number of rotatable bonds is 6. The molecule has 8 heteroatoms. The van der Waals surface area contributed by atoms with Gasteiger partial charge >= 0.3 is 0 Å². The van der Waals surface area contributed by atoms with Gasteiger partial charge in [-0.2, -0.15) is 4.31 Å². The quantitative estimate of drug-likeness (QED) is 0.591. The van der Waals surface area contributed by atoms with Crippen LogP contribution in [0.1, 0.15) is 17.5 Å². The Morgan fingerprint density at radius 1 is 1.04 bits per heavy atom. The summed E-state index contributed by atoms with van der Waals surface area (Å²) >= 11 is 3.37. The van der Waals surface area contributed by atoms with Gasteiger partial charge in [0, 0.05) is 31.6 Å². The van der Waals surface area contributed by atoms with E-state index in [9.17, 15) is 8.42 Å². The molecule has 1 saturated heterocycles. The van der Waals surface area contributed by atoms with E-state index in [1.54, 1.807) is 39.1 Å². The Balaban J connectivity index is 1.36. The largest absolute Gasteiger partial charge is 0.294 e. The van der Waals surface area contributed by atoms with Crippen LogP contribution in [0.5, 0.6) is 0 Å². The first kappa shape index (κ1) is 19.7. The van der Waals surface area contributed by atoms with Crippen LogP contribution in [0.15, 0.2) is 52.1 Å². The highest BCUT2D eigenvalue weighted by Gasteiger charge is 2.28. The summed E-state index contributed by atoms with van der Waals surface area (Å²) < 4.78 is 27.4. The van der Waals surface area contributed by atoms with Gasteiger partial charge in [0.2, 0.25) is 10.0 Å². The summed E-state index contributed by atoms with van der Waals surface area (Å²) in [6, 6.07) is 11.4. The Hall–Kier alpha value is -1.58. The first-order valence-electron chi connectivity index (χ1n) is 9.36. The van der Waals surface area contributed by atoms with Gasteiger partial charge in [0.1, 0.15) is 5.01 Å². The second-order valence-electron chi connectivity index (χ2n) is 6.78. The molecule has 0 radical (unpaired) electrons. The van der Waals surface area contributed by atoms with E-state index in [0.717, 1.165) is 42.3 Å². The third-order valence-electron chi connectivity index (χ3n) is 4.98. The minimum atomic E-state index is -3.41. The van der Waals surface area contributed by atoms with Crippen molar-refractivity contribution in [1.29, 1.82) is 0 Å². The summed E-state index contributed by atoms with van der Waals surface area (Å²) in [6.45, 7) is 5.31. The highest BCUT2D eigenvalue weighted by Crippen LogP contribution is 2.27. The predicted octanol–water partition coefficient (Wildman–Crippen LogP) is 3.94. The fourth-order valence-corrected chi connectivity index (χ4v) is 6.30. The van der Waals surface area contributed by atoms with Crippen LogP contribution < -0.4 is 0 Å². The summed E-state index contributed by atoms with van der Waals surface area (Å²) in [6.07, 6.45) is 0.907. The monoisotopic (exact) mass is 433 g/mol. The Bertz CT molecular complexity index is 1000. The summed E-state index contributed by atoms with van der Waals surface area (Å²) in [5.41, 5.74) is 2.18. The molecule has 0 saturated carbocycles. The minimum absolute atomic E-state index is 0.388. The van der Waals surface area contributed by atoms with Gasteiger partial charge in [-0.05, 0) is 35.6 Å². The summed E-state index contributed by atoms with van der Waals surface area (Å²) in [7, 11) is -3.41. The SMILES string of the molecule is CCc1ccc(S(=O)(=O)N2CCN(Cc3nc(-c4cccs4)cs3)CC2)cc1. The van der Waals surface area contributed by atoms with Crippen molar-refractivity contribution in [3.8, 4) is 10.6 Å². The highest BCUT2D eigenvalue weighted by atomic mass is 32.2. The number of piperazine rings is 1. The van der Waals surface area contributed by atoms with E-state index in [4.69, 9.17) is 4.98 Å². The lowest BCUT2D eigenvalue weighted by Gasteiger charge is -2.33. The van der Waals surface area contributed by atoms with Gasteiger partial charge in [0.25, 0.3) is 0 Å². The van der Waals surface area contributed by atoms with Crippen LogP contribution in [0.2, 0.25) is 0 Å². The zero-order valence-corrected chi connectivity index (χ0v) is 18.2. The molecule has 3 heterocycles. The number of sulfonamides is 1. The molecule has 1 aliphatic heterocycles. The summed E-state index contributed by atoms with van der Waals surface area (Å²) in [4.78, 5) is 8.59. The van der Waals surface area contributed by atoms with Crippen molar-refractivity contribution in [3.63, 3.8) is 0 Å². The average Bonchev–Trinajstić information content (AvgIpc) is 3.40. The van der Waals surface area contributed by atoms with Gasteiger partial charge in [0.05, 0.1) is 22.0 Å². The van der Waals surface area contributed by atoms with Crippen molar-refractivity contribution in [2.45, 2.75) is 24.8 Å². The molecule has 0 amide bonds. The van der Waals surface area contributed by atoms with Gasteiger partial charge in [-0.3, -0.25) is 4.90 Å². The van der Waals surface area contributed by atoms with Crippen molar-refractivity contribution in [3.05, 3.63) is 57.7 Å². The molecule has 1 aliphatic rings. The lowest BCUT2D eigenvalue weighted by molar-refractivity contribution is 0.181. The first-order chi connectivity index (χ1) is 13.6. The highest BCUT2D eigenvalue weighted by molar-refractivity contribution is 7.89.